The summed E-state index contributed by atoms with van der Waals surface area (Å²) in [5.74, 6) is -0.0170. The summed E-state index contributed by atoms with van der Waals surface area (Å²) in [6.07, 6.45) is 0. The molecule has 1 fully saturated rings. The minimum atomic E-state index is -3.87. The molecular weight excluding hydrogens is 554 g/mol. The largest absolute Gasteiger partial charge is 0.368 e. The number of hydrogen-bond donors (Lipinski definition) is 0. The Bertz CT molecular complexity index is 1650. The van der Waals surface area contributed by atoms with E-state index in [9.17, 15) is 13.2 Å². The SMILES string of the molecule is Cc1ccc(Cl)cc1N(Cc1ccc(C(=O)N2CCN(c3cccc(C)c3C)CC2)cc1)S(=O)(=O)c1ccccc1. The van der Waals surface area contributed by atoms with Crippen molar-refractivity contribution in [1.29, 1.82) is 0 Å². The Labute approximate surface area is 247 Å². The van der Waals surface area contributed by atoms with E-state index >= 15 is 0 Å². The van der Waals surface area contributed by atoms with Gasteiger partial charge < -0.3 is 9.80 Å². The number of sulfonamides is 1. The number of amides is 1. The molecule has 0 saturated carbocycles. The van der Waals surface area contributed by atoms with Crippen LogP contribution >= 0.6 is 11.6 Å². The molecule has 1 amide bonds. The third-order valence-corrected chi connectivity index (χ3v) is 9.79. The van der Waals surface area contributed by atoms with E-state index in [-0.39, 0.29) is 17.3 Å². The van der Waals surface area contributed by atoms with Crippen LogP contribution in [0.5, 0.6) is 0 Å². The Kier molecular flexibility index (Phi) is 8.38. The van der Waals surface area contributed by atoms with Crippen LogP contribution in [-0.2, 0) is 16.6 Å². The maximum atomic E-state index is 13.8. The Hall–Kier alpha value is -3.81. The molecule has 0 N–H and O–H groups in total. The first kappa shape index (κ1) is 28.7. The summed E-state index contributed by atoms with van der Waals surface area (Å²) in [7, 11) is -3.87. The molecule has 0 atom stereocenters. The summed E-state index contributed by atoms with van der Waals surface area (Å²) >= 11 is 6.28. The van der Waals surface area contributed by atoms with Crippen molar-refractivity contribution in [2.45, 2.75) is 32.2 Å². The van der Waals surface area contributed by atoms with E-state index < -0.39 is 10.0 Å². The number of carbonyl (C=O) groups excluding carboxylic acids is 1. The van der Waals surface area contributed by atoms with Crippen molar-refractivity contribution in [2.24, 2.45) is 0 Å². The molecule has 41 heavy (non-hydrogen) atoms. The monoisotopic (exact) mass is 587 g/mol. The topological polar surface area (TPSA) is 60.9 Å². The average Bonchev–Trinajstić information content (AvgIpc) is 2.99. The summed E-state index contributed by atoms with van der Waals surface area (Å²) in [5.41, 5.74) is 6.43. The van der Waals surface area contributed by atoms with Gasteiger partial charge in [0, 0.05) is 42.5 Å². The molecule has 1 aliphatic rings. The number of benzene rings is 4. The van der Waals surface area contributed by atoms with Crippen molar-refractivity contribution in [3.8, 4) is 0 Å². The zero-order valence-corrected chi connectivity index (χ0v) is 25.1. The van der Waals surface area contributed by atoms with Gasteiger partial charge in [-0.25, -0.2) is 8.42 Å². The number of nitrogens with zero attached hydrogens (tertiary/aromatic N) is 3. The number of halogens is 1. The standard InChI is InChI=1S/C33H34ClN3O3S/c1-24-8-7-11-31(26(24)3)35-18-20-36(21-19-35)33(38)28-15-13-27(14-16-28)23-37(32-22-29(34)17-12-25(32)2)41(39,40)30-9-5-4-6-10-30/h4-17,22H,18-21,23H2,1-3H3. The van der Waals surface area contributed by atoms with Gasteiger partial charge >= 0.3 is 0 Å². The van der Waals surface area contributed by atoms with Crippen molar-refractivity contribution in [1.82, 2.24) is 4.90 Å². The Morgan fingerprint density at radius 2 is 1.49 bits per heavy atom. The number of piperazine rings is 1. The van der Waals surface area contributed by atoms with Crippen molar-refractivity contribution < 1.29 is 13.2 Å². The highest BCUT2D eigenvalue weighted by molar-refractivity contribution is 7.92. The van der Waals surface area contributed by atoms with Crippen LogP contribution < -0.4 is 9.21 Å². The van der Waals surface area contributed by atoms with Gasteiger partial charge in [0.15, 0.2) is 0 Å². The van der Waals surface area contributed by atoms with Crippen molar-refractivity contribution in [2.75, 3.05) is 35.4 Å². The summed E-state index contributed by atoms with van der Waals surface area (Å²) in [4.78, 5) is 17.8. The van der Waals surface area contributed by atoms with Gasteiger partial charge in [0.1, 0.15) is 0 Å². The van der Waals surface area contributed by atoms with E-state index in [2.05, 4.69) is 36.9 Å². The van der Waals surface area contributed by atoms with Crippen LogP contribution in [0, 0.1) is 20.8 Å². The molecule has 1 heterocycles. The minimum Gasteiger partial charge on any atom is -0.368 e. The van der Waals surface area contributed by atoms with Gasteiger partial charge in [-0.15, -0.1) is 0 Å². The lowest BCUT2D eigenvalue weighted by Gasteiger charge is -2.37. The summed E-state index contributed by atoms with van der Waals surface area (Å²) in [6, 6.07) is 27.2. The second-order valence-corrected chi connectivity index (χ2v) is 12.7. The second kappa shape index (κ2) is 12.0. The molecule has 1 aliphatic heterocycles. The smallest absolute Gasteiger partial charge is 0.264 e. The number of hydrogen-bond acceptors (Lipinski definition) is 4. The van der Waals surface area contributed by atoms with Crippen LogP contribution in [0.4, 0.5) is 11.4 Å². The summed E-state index contributed by atoms with van der Waals surface area (Å²) < 4.78 is 28.9. The fourth-order valence-electron chi connectivity index (χ4n) is 5.20. The molecule has 8 heteroatoms. The van der Waals surface area contributed by atoms with Crippen LogP contribution in [0.3, 0.4) is 0 Å². The van der Waals surface area contributed by atoms with Crippen molar-refractivity contribution in [3.63, 3.8) is 0 Å². The van der Waals surface area contributed by atoms with Gasteiger partial charge in [-0.3, -0.25) is 9.10 Å². The Morgan fingerprint density at radius 1 is 0.805 bits per heavy atom. The first-order valence-corrected chi connectivity index (χ1v) is 15.5. The number of rotatable bonds is 7. The highest BCUT2D eigenvalue weighted by Crippen LogP contribution is 2.31. The molecule has 0 radical (unpaired) electrons. The molecule has 5 rings (SSSR count). The Balaban J connectivity index is 1.33. The molecule has 4 aromatic rings. The van der Waals surface area contributed by atoms with E-state index in [1.165, 1.54) is 21.1 Å². The predicted molar refractivity (Wildman–Crippen MR) is 166 cm³/mol. The van der Waals surface area contributed by atoms with E-state index in [1.807, 2.05) is 30.0 Å². The zero-order valence-electron chi connectivity index (χ0n) is 23.5. The quantitative estimate of drug-likeness (QED) is 0.244. The highest BCUT2D eigenvalue weighted by Gasteiger charge is 2.27. The maximum absolute atomic E-state index is 13.8. The van der Waals surface area contributed by atoms with Crippen LogP contribution in [0.25, 0.3) is 0 Å². The highest BCUT2D eigenvalue weighted by atomic mass is 35.5. The first-order valence-electron chi connectivity index (χ1n) is 13.7. The van der Waals surface area contributed by atoms with E-state index in [1.54, 1.807) is 54.6 Å². The number of aryl methyl sites for hydroxylation is 2. The van der Waals surface area contributed by atoms with E-state index in [0.29, 0.717) is 29.4 Å². The zero-order chi connectivity index (χ0) is 29.1. The molecule has 4 aromatic carbocycles. The molecule has 0 spiro atoms. The summed E-state index contributed by atoms with van der Waals surface area (Å²) in [6.45, 7) is 9.07. The van der Waals surface area contributed by atoms with Crippen LogP contribution in [-0.4, -0.2) is 45.4 Å². The fourth-order valence-corrected chi connectivity index (χ4v) is 6.90. The van der Waals surface area contributed by atoms with Gasteiger partial charge in [-0.05, 0) is 85.5 Å². The Morgan fingerprint density at radius 3 is 2.17 bits per heavy atom. The maximum Gasteiger partial charge on any atom is 0.264 e. The van der Waals surface area contributed by atoms with Crippen molar-refractivity contribution in [3.05, 3.63) is 124 Å². The van der Waals surface area contributed by atoms with E-state index in [0.717, 1.165) is 24.2 Å². The lowest BCUT2D eigenvalue weighted by molar-refractivity contribution is 0.0746. The molecule has 0 bridgehead atoms. The molecule has 0 aliphatic carbocycles. The predicted octanol–water partition coefficient (Wildman–Crippen LogP) is 6.62. The third-order valence-electron chi connectivity index (χ3n) is 7.78. The van der Waals surface area contributed by atoms with Gasteiger partial charge in [0.05, 0.1) is 17.1 Å². The fraction of sp³-hybridized carbons (Fsp3) is 0.242. The number of carbonyl (C=O) groups is 1. The van der Waals surface area contributed by atoms with Crippen molar-refractivity contribution >= 4 is 38.9 Å². The van der Waals surface area contributed by atoms with Gasteiger partial charge in [-0.1, -0.05) is 60.1 Å². The van der Waals surface area contributed by atoms with Crippen LogP contribution in [0.2, 0.25) is 5.02 Å². The van der Waals surface area contributed by atoms with Gasteiger partial charge in [-0.2, -0.15) is 0 Å². The molecular formula is C33H34ClN3O3S. The van der Waals surface area contributed by atoms with Gasteiger partial charge in [0.2, 0.25) is 0 Å². The molecule has 1 saturated heterocycles. The normalized spacial score (nSPS) is 13.8. The lowest BCUT2D eigenvalue weighted by Crippen LogP contribution is -2.49. The lowest BCUT2D eigenvalue weighted by atomic mass is 10.1. The molecule has 0 aromatic heterocycles. The molecule has 6 nitrogen and oxygen atoms in total. The van der Waals surface area contributed by atoms with Crippen LogP contribution in [0.1, 0.15) is 32.6 Å². The third kappa shape index (κ3) is 6.11. The van der Waals surface area contributed by atoms with Gasteiger partial charge in [0.25, 0.3) is 15.9 Å². The summed E-state index contributed by atoms with van der Waals surface area (Å²) in [5, 5.41) is 0.456. The molecule has 0 unspecified atom stereocenters. The number of anilines is 2. The van der Waals surface area contributed by atoms with E-state index in [4.69, 9.17) is 11.6 Å². The average molecular weight is 588 g/mol. The second-order valence-electron chi connectivity index (χ2n) is 10.5. The molecule has 212 valence electrons. The minimum absolute atomic E-state index is 0.0170. The first-order chi connectivity index (χ1) is 19.6. The van der Waals surface area contributed by atoms with Crippen LogP contribution in [0.15, 0.2) is 95.9 Å².